The van der Waals surface area contributed by atoms with Crippen molar-refractivity contribution >= 4 is 37.4 Å². The number of benzene rings is 1. The van der Waals surface area contributed by atoms with Crippen LogP contribution in [0.25, 0.3) is 10.2 Å². The largest absolute Gasteiger partial charge is 0.495 e. The van der Waals surface area contributed by atoms with Crippen molar-refractivity contribution < 1.29 is 13.2 Å². The quantitative estimate of drug-likeness (QED) is 0.680. The molecule has 0 radical (unpaired) electrons. The van der Waals surface area contributed by atoms with Crippen LogP contribution < -0.4 is 9.64 Å². The molecule has 3 heterocycles. The Balaban J connectivity index is 1.56. The number of nitrogens with zero attached hydrogens (tertiary/aromatic N) is 4. The van der Waals surface area contributed by atoms with Gasteiger partial charge in [0.15, 0.2) is 0 Å². The van der Waals surface area contributed by atoms with Gasteiger partial charge < -0.3 is 9.64 Å². The summed E-state index contributed by atoms with van der Waals surface area (Å²) in [5.74, 6) is 1.24. The summed E-state index contributed by atoms with van der Waals surface area (Å²) in [6.07, 6.45) is 1.56. The number of hydrogen-bond donors (Lipinski definition) is 0. The smallest absolute Gasteiger partial charge is 0.246 e. The Morgan fingerprint density at radius 2 is 1.85 bits per heavy atom. The second kappa shape index (κ2) is 6.82. The van der Waals surface area contributed by atoms with Gasteiger partial charge >= 0.3 is 0 Å². The highest BCUT2D eigenvalue weighted by molar-refractivity contribution is 7.89. The van der Waals surface area contributed by atoms with Gasteiger partial charge in [0.1, 0.15) is 22.8 Å². The second-order valence-corrected chi connectivity index (χ2v) is 8.70. The molecule has 26 heavy (non-hydrogen) atoms. The van der Waals surface area contributed by atoms with Gasteiger partial charge in [0.05, 0.1) is 17.3 Å². The molecule has 3 aromatic rings. The van der Waals surface area contributed by atoms with Crippen LogP contribution in [0.3, 0.4) is 0 Å². The molecule has 0 bridgehead atoms. The highest BCUT2D eigenvalue weighted by Gasteiger charge is 2.31. The standard InChI is InChI=1S/C17H18N4O3S2/c1-24-14-4-2-3-5-15(14)26(22,23)21-9-7-20(8-10-21)17-16-13(6-11-25-16)18-12-19-17/h2-6,11-12H,7-10H2,1H3. The number of methoxy groups -OCH3 is 1. The molecule has 136 valence electrons. The van der Waals surface area contributed by atoms with E-state index in [0.29, 0.717) is 31.9 Å². The van der Waals surface area contributed by atoms with Crippen molar-refractivity contribution in [3.05, 3.63) is 42.0 Å². The Hall–Kier alpha value is -2.23. The lowest BCUT2D eigenvalue weighted by Crippen LogP contribution is -2.49. The summed E-state index contributed by atoms with van der Waals surface area (Å²) in [7, 11) is -2.11. The number of anilines is 1. The van der Waals surface area contributed by atoms with Crippen molar-refractivity contribution in [2.45, 2.75) is 4.90 Å². The first-order valence-electron chi connectivity index (χ1n) is 8.17. The van der Waals surface area contributed by atoms with E-state index in [1.165, 1.54) is 11.4 Å². The molecule has 0 saturated carbocycles. The molecular formula is C17H18N4O3S2. The zero-order valence-corrected chi connectivity index (χ0v) is 15.8. The molecule has 0 N–H and O–H groups in total. The SMILES string of the molecule is COc1ccccc1S(=O)(=O)N1CCN(c2ncnc3ccsc23)CC1. The molecule has 0 atom stereocenters. The molecule has 9 heteroatoms. The van der Waals surface area contributed by atoms with E-state index in [4.69, 9.17) is 4.74 Å². The second-order valence-electron chi connectivity index (χ2n) is 5.87. The third-order valence-corrected chi connectivity index (χ3v) is 7.29. The molecular weight excluding hydrogens is 372 g/mol. The lowest BCUT2D eigenvalue weighted by atomic mass is 10.3. The molecule has 4 rings (SSSR count). The number of ether oxygens (including phenoxy) is 1. The van der Waals surface area contributed by atoms with Crippen molar-refractivity contribution in [1.29, 1.82) is 0 Å². The molecule has 1 aromatic carbocycles. The molecule has 2 aromatic heterocycles. The highest BCUT2D eigenvalue weighted by Crippen LogP contribution is 2.30. The molecule has 1 aliphatic rings. The fourth-order valence-electron chi connectivity index (χ4n) is 3.11. The van der Waals surface area contributed by atoms with Crippen molar-refractivity contribution in [1.82, 2.24) is 14.3 Å². The first-order chi connectivity index (χ1) is 12.6. The maximum Gasteiger partial charge on any atom is 0.246 e. The lowest BCUT2D eigenvalue weighted by molar-refractivity contribution is 0.374. The van der Waals surface area contributed by atoms with Crippen LogP contribution >= 0.6 is 11.3 Å². The molecule has 0 aliphatic carbocycles. The van der Waals surface area contributed by atoms with E-state index in [1.807, 2.05) is 11.4 Å². The highest BCUT2D eigenvalue weighted by atomic mass is 32.2. The minimum atomic E-state index is -3.59. The summed E-state index contributed by atoms with van der Waals surface area (Å²) in [6, 6.07) is 8.68. The van der Waals surface area contributed by atoms with E-state index in [0.717, 1.165) is 16.0 Å². The Morgan fingerprint density at radius 3 is 2.62 bits per heavy atom. The van der Waals surface area contributed by atoms with Crippen LogP contribution in [0.15, 0.2) is 46.9 Å². The Kier molecular flexibility index (Phi) is 4.51. The summed E-state index contributed by atoms with van der Waals surface area (Å²) < 4.78 is 33.7. The first kappa shape index (κ1) is 17.2. The number of para-hydroxylation sites is 1. The maximum atomic E-state index is 13.0. The van der Waals surface area contributed by atoms with Gasteiger partial charge in [0, 0.05) is 26.2 Å². The molecule has 0 spiro atoms. The summed E-state index contributed by atoms with van der Waals surface area (Å²) >= 11 is 1.60. The fourth-order valence-corrected chi connectivity index (χ4v) is 5.55. The minimum Gasteiger partial charge on any atom is -0.495 e. The predicted octanol–water partition coefficient (Wildman–Crippen LogP) is 2.21. The number of thiophene rings is 1. The van der Waals surface area contributed by atoms with Gasteiger partial charge in [0.2, 0.25) is 10.0 Å². The molecule has 0 amide bonds. The Bertz CT molecular complexity index is 1030. The van der Waals surface area contributed by atoms with Gasteiger partial charge in [-0.05, 0) is 23.6 Å². The van der Waals surface area contributed by atoms with Gasteiger partial charge in [-0.25, -0.2) is 18.4 Å². The number of fused-ring (bicyclic) bond motifs is 1. The van der Waals surface area contributed by atoms with Crippen LogP contribution in [-0.4, -0.2) is 56.0 Å². The summed E-state index contributed by atoms with van der Waals surface area (Å²) in [4.78, 5) is 11.0. The van der Waals surface area contributed by atoms with Gasteiger partial charge in [-0.15, -0.1) is 11.3 Å². The zero-order chi connectivity index (χ0) is 18.1. The summed E-state index contributed by atoms with van der Waals surface area (Å²) in [6.45, 7) is 1.96. The average Bonchev–Trinajstić information content (AvgIpc) is 3.17. The molecule has 1 fully saturated rings. The molecule has 1 aliphatic heterocycles. The number of rotatable bonds is 4. The van der Waals surface area contributed by atoms with E-state index in [-0.39, 0.29) is 4.90 Å². The molecule has 0 unspecified atom stereocenters. The molecule has 7 nitrogen and oxygen atoms in total. The maximum absolute atomic E-state index is 13.0. The van der Waals surface area contributed by atoms with E-state index < -0.39 is 10.0 Å². The number of piperazine rings is 1. The van der Waals surface area contributed by atoms with E-state index in [1.54, 1.807) is 41.9 Å². The van der Waals surface area contributed by atoms with Gasteiger partial charge in [-0.3, -0.25) is 0 Å². The minimum absolute atomic E-state index is 0.207. The molecule has 1 saturated heterocycles. The third-order valence-electron chi connectivity index (χ3n) is 4.45. The average molecular weight is 390 g/mol. The van der Waals surface area contributed by atoms with Gasteiger partial charge in [0.25, 0.3) is 0 Å². The van der Waals surface area contributed by atoms with E-state index >= 15 is 0 Å². The normalized spacial score (nSPS) is 16.1. The Labute approximate surface area is 155 Å². The number of hydrogen-bond acceptors (Lipinski definition) is 7. The van der Waals surface area contributed by atoms with Gasteiger partial charge in [-0.1, -0.05) is 12.1 Å². The van der Waals surface area contributed by atoms with Gasteiger partial charge in [-0.2, -0.15) is 4.31 Å². The van der Waals surface area contributed by atoms with E-state index in [9.17, 15) is 8.42 Å². The number of aromatic nitrogens is 2. The summed E-state index contributed by atoms with van der Waals surface area (Å²) in [5, 5.41) is 1.99. The topological polar surface area (TPSA) is 75.6 Å². The van der Waals surface area contributed by atoms with Crippen molar-refractivity contribution in [2.24, 2.45) is 0 Å². The van der Waals surface area contributed by atoms with Crippen LogP contribution in [0.2, 0.25) is 0 Å². The lowest BCUT2D eigenvalue weighted by Gasteiger charge is -2.34. The monoisotopic (exact) mass is 390 g/mol. The van der Waals surface area contributed by atoms with Crippen molar-refractivity contribution in [2.75, 3.05) is 38.2 Å². The number of sulfonamides is 1. The Morgan fingerprint density at radius 1 is 1.08 bits per heavy atom. The van der Waals surface area contributed by atoms with Crippen LogP contribution in [0, 0.1) is 0 Å². The van der Waals surface area contributed by atoms with E-state index in [2.05, 4.69) is 14.9 Å². The van der Waals surface area contributed by atoms with Crippen LogP contribution in [-0.2, 0) is 10.0 Å². The van der Waals surface area contributed by atoms with Crippen molar-refractivity contribution in [3.63, 3.8) is 0 Å². The first-order valence-corrected chi connectivity index (χ1v) is 10.5. The van der Waals surface area contributed by atoms with Crippen molar-refractivity contribution in [3.8, 4) is 5.75 Å². The van der Waals surface area contributed by atoms with Crippen LogP contribution in [0.4, 0.5) is 5.82 Å². The summed E-state index contributed by atoms with van der Waals surface area (Å²) in [5.41, 5.74) is 0.920. The van der Waals surface area contributed by atoms with Crippen LogP contribution in [0.1, 0.15) is 0 Å². The fraction of sp³-hybridized carbons (Fsp3) is 0.294. The van der Waals surface area contributed by atoms with Crippen LogP contribution in [0.5, 0.6) is 5.75 Å². The zero-order valence-electron chi connectivity index (χ0n) is 14.2. The predicted molar refractivity (Wildman–Crippen MR) is 101 cm³/mol. The third kappa shape index (κ3) is 2.91.